The molecule has 0 bridgehead atoms. The molecule has 2 atom stereocenters. The molecule has 0 radical (unpaired) electrons. The van der Waals surface area contributed by atoms with Gasteiger partial charge < -0.3 is 10.5 Å². The lowest BCUT2D eigenvalue weighted by molar-refractivity contribution is -0.0591. The summed E-state index contributed by atoms with van der Waals surface area (Å²) in [6.45, 7) is 6.86. The maximum Gasteiger partial charge on any atom is 0.104 e. The van der Waals surface area contributed by atoms with Crippen molar-refractivity contribution in [3.63, 3.8) is 0 Å². The van der Waals surface area contributed by atoms with E-state index in [1.54, 1.807) is 0 Å². The second-order valence-electron chi connectivity index (χ2n) is 5.31. The molecule has 2 rings (SSSR count). The second kappa shape index (κ2) is 6.85. The number of nitrogens with zero attached hydrogens (tertiary/aromatic N) is 1. The van der Waals surface area contributed by atoms with Crippen LogP contribution in [-0.4, -0.2) is 35.2 Å². The summed E-state index contributed by atoms with van der Waals surface area (Å²) in [7, 11) is 0. The van der Waals surface area contributed by atoms with Gasteiger partial charge in [0.1, 0.15) is 4.99 Å². The van der Waals surface area contributed by atoms with E-state index in [9.17, 15) is 0 Å². The summed E-state index contributed by atoms with van der Waals surface area (Å²) in [6, 6.07) is 6.26. The standard InChI is InChI=1S/C15H21ClN2OS/c1-3-13-9-19-10(2)7-18(13)8-12-5-4-11(15(17)20)6-14(12)16/h4-6,10,13H,3,7-9H2,1-2H3,(H2,17,20). The van der Waals surface area contributed by atoms with E-state index in [4.69, 9.17) is 34.3 Å². The van der Waals surface area contributed by atoms with Gasteiger partial charge in [0.15, 0.2) is 0 Å². The maximum atomic E-state index is 6.35. The summed E-state index contributed by atoms with van der Waals surface area (Å²) < 4.78 is 5.72. The molecule has 1 saturated heterocycles. The largest absolute Gasteiger partial charge is 0.389 e. The molecule has 0 saturated carbocycles. The number of rotatable bonds is 4. The predicted octanol–water partition coefficient (Wildman–Crippen LogP) is 2.97. The third-order valence-corrected chi connectivity index (χ3v) is 4.35. The molecule has 2 N–H and O–H groups in total. The average molecular weight is 313 g/mol. The SMILES string of the molecule is CCC1COC(C)CN1Cc1ccc(C(N)=S)cc1Cl. The fourth-order valence-electron chi connectivity index (χ4n) is 2.53. The van der Waals surface area contributed by atoms with Crippen LogP contribution in [0.2, 0.25) is 5.02 Å². The number of thiocarbonyl (C=S) groups is 1. The van der Waals surface area contributed by atoms with Crippen LogP contribution in [0.15, 0.2) is 18.2 Å². The molecule has 1 aromatic carbocycles. The molecule has 1 aliphatic rings. The molecule has 5 heteroatoms. The van der Waals surface area contributed by atoms with Crippen molar-refractivity contribution in [1.82, 2.24) is 4.90 Å². The van der Waals surface area contributed by atoms with E-state index in [2.05, 4.69) is 18.7 Å². The van der Waals surface area contributed by atoms with Crippen LogP contribution >= 0.6 is 23.8 Å². The van der Waals surface area contributed by atoms with Gasteiger partial charge in [-0.05, 0) is 25.0 Å². The van der Waals surface area contributed by atoms with Crippen molar-refractivity contribution in [3.8, 4) is 0 Å². The van der Waals surface area contributed by atoms with Crippen molar-refractivity contribution in [1.29, 1.82) is 0 Å². The Bertz CT molecular complexity index is 495. The minimum absolute atomic E-state index is 0.271. The smallest absolute Gasteiger partial charge is 0.104 e. The van der Waals surface area contributed by atoms with E-state index >= 15 is 0 Å². The molecule has 1 aliphatic heterocycles. The lowest BCUT2D eigenvalue weighted by atomic mass is 10.1. The Morgan fingerprint density at radius 1 is 1.55 bits per heavy atom. The highest BCUT2D eigenvalue weighted by Crippen LogP contribution is 2.23. The first-order chi connectivity index (χ1) is 9.51. The minimum Gasteiger partial charge on any atom is -0.389 e. The Hall–Kier alpha value is -0.680. The first-order valence-corrected chi connectivity index (χ1v) is 7.73. The number of benzene rings is 1. The minimum atomic E-state index is 0.271. The quantitative estimate of drug-likeness (QED) is 0.868. The van der Waals surface area contributed by atoms with Gasteiger partial charge in [-0.15, -0.1) is 0 Å². The first-order valence-electron chi connectivity index (χ1n) is 6.95. The average Bonchev–Trinajstić information content (AvgIpc) is 2.41. The molecule has 0 amide bonds. The number of ether oxygens (including phenoxy) is 1. The van der Waals surface area contributed by atoms with Crippen LogP contribution in [0.25, 0.3) is 0 Å². The van der Waals surface area contributed by atoms with Crippen LogP contribution in [-0.2, 0) is 11.3 Å². The molecule has 1 aromatic rings. The normalized spacial score (nSPS) is 23.8. The lowest BCUT2D eigenvalue weighted by Gasteiger charge is -2.38. The summed E-state index contributed by atoms with van der Waals surface area (Å²) in [5.74, 6) is 0. The van der Waals surface area contributed by atoms with Crippen LogP contribution in [0.5, 0.6) is 0 Å². The molecule has 3 nitrogen and oxygen atoms in total. The van der Waals surface area contributed by atoms with Gasteiger partial charge in [0, 0.05) is 29.7 Å². The van der Waals surface area contributed by atoms with Gasteiger partial charge in [-0.1, -0.05) is 42.9 Å². The maximum absolute atomic E-state index is 6.35. The van der Waals surface area contributed by atoms with Crippen LogP contribution in [0, 0.1) is 0 Å². The number of nitrogens with two attached hydrogens (primary N) is 1. The Morgan fingerprint density at radius 3 is 2.90 bits per heavy atom. The summed E-state index contributed by atoms with van der Waals surface area (Å²) >= 11 is 11.3. The van der Waals surface area contributed by atoms with Gasteiger partial charge in [0.25, 0.3) is 0 Å². The summed E-state index contributed by atoms with van der Waals surface area (Å²) in [6.07, 6.45) is 1.35. The third-order valence-electron chi connectivity index (χ3n) is 3.76. The molecule has 110 valence electrons. The van der Waals surface area contributed by atoms with Crippen molar-refractivity contribution in [3.05, 3.63) is 34.3 Å². The Balaban J connectivity index is 2.13. The first kappa shape index (κ1) is 15.7. The van der Waals surface area contributed by atoms with Crippen LogP contribution in [0.3, 0.4) is 0 Å². The number of hydrogen-bond acceptors (Lipinski definition) is 3. The number of halogens is 1. The summed E-state index contributed by atoms with van der Waals surface area (Å²) in [5.41, 5.74) is 7.55. The van der Waals surface area contributed by atoms with Crippen LogP contribution in [0.1, 0.15) is 31.4 Å². The molecular formula is C15H21ClN2OS. The zero-order valence-electron chi connectivity index (χ0n) is 11.9. The highest BCUT2D eigenvalue weighted by molar-refractivity contribution is 7.80. The third kappa shape index (κ3) is 3.70. The van der Waals surface area contributed by atoms with Crippen LogP contribution < -0.4 is 5.73 Å². The van der Waals surface area contributed by atoms with Crippen molar-refractivity contribution >= 4 is 28.8 Å². The Labute approximate surface area is 131 Å². The molecule has 0 aliphatic carbocycles. The Kier molecular flexibility index (Phi) is 5.38. The van der Waals surface area contributed by atoms with Crippen molar-refractivity contribution in [2.24, 2.45) is 5.73 Å². The van der Waals surface area contributed by atoms with Gasteiger partial charge >= 0.3 is 0 Å². The summed E-state index contributed by atoms with van der Waals surface area (Å²) in [4.78, 5) is 2.82. The zero-order valence-corrected chi connectivity index (χ0v) is 13.5. The number of morpholine rings is 1. The van der Waals surface area contributed by atoms with E-state index < -0.39 is 0 Å². The highest BCUT2D eigenvalue weighted by Gasteiger charge is 2.25. The van der Waals surface area contributed by atoms with Gasteiger partial charge in [-0.3, -0.25) is 4.90 Å². The van der Waals surface area contributed by atoms with Crippen molar-refractivity contribution in [2.45, 2.75) is 39.0 Å². The van der Waals surface area contributed by atoms with Crippen molar-refractivity contribution < 1.29 is 4.74 Å². The van der Waals surface area contributed by atoms with Gasteiger partial charge in [-0.2, -0.15) is 0 Å². The van der Waals surface area contributed by atoms with Crippen LogP contribution in [0.4, 0.5) is 0 Å². The molecule has 1 fully saturated rings. The molecule has 2 unspecified atom stereocenters. The molecule has 0 spiro atoms. The molecular weight excluding hydrogens is 292 g/mol. The van der Waals surface area contributed by atoms with Gasteiger partial charge in [0.05, 0.1) is 12.7 Å². The fourth-order valence-corrected chi connectivity index (χ4v) is 2.90. The molecule has 0 aromatic heterocycles. The topological polar surface area (TPSA) is 38.5 Å². The predicted molar refractivity (Wildman–Crippen MR) is 87.2 cm³/mol. The van der Waals surface area contributed by atoms with E-state index in [-0.39, 0.29) is 6.10 Å². The second-order valence-corrected chi connectivity index (χ2v) is 6.15. The monoisotopic (exact) mass is 312 g/mol. The fraction of sp³-hybridized carbons (Fsp3) is 0.533. The van der Waals surface area contributed by atoms with Crippen molar-refractivity contribution in [2.75, 3.05) is 13.2 Å². The van der Waals surface area contributed by atoms with E-state index in [1.807, 2.05) is 18.2 Å². The Morgan fingerprint density at radius 2 is 2.30 bits per heavy atom. The van der Waals surface area contributed by atoms with E-state index in [0.717, 1.165) is 42.3 Å². The molecule has 20 heavy (non-hydrogen) atoms. The zero-order chi connectivity index (χ0) is 14.7. The van der Waals surface area contributed by atoms with E-state index in [0.29, 0.717) is 11.0 Å². The van der Waals surface area contributed by atoms with Gasteiger partial charge in [-0.25, -0.2) is 0 Å². The highest BCUT2D eigenvalue weighted by atomic mass is 35.5. The molecule has 1 heterocycles. The summed E-state index contributed by atoms with van der Waals surface area (Å²) in [5, 5.41) is 0.726. The van der Waals surface area contributed by atoms with E-state index in [1.165, 1.54) is 0 Å². The lowest BCUT2D eigenvalue weighted by Crippen LogP contribution is -2.47. The number of hydrogen-bond donors (Lipinski definition) is 1. The van der Waals surface area contributed by atoms with Gasteiger partial charge in [0.2, 0.25) is 0 Å².